The van der Waals surface area contributed by atoms with Gasteiger partial charge in [-0.1, -0.05) is 146 Å². The van der Waals surface area contributed by atoms with Crippen molar-refractivity contribution in [3.8, 4) is 73.6 Å². The van der Waals surface area contributed by atoms with Gasteiger partial charge in [0.25, 0.3) is 0 Å². The van der Waals surface area contributed by atoms with E-state index in [1.807, 2.05) is 84.9 Å². The standard InChI is InChI=1S/C44H28N4/c45-29-30-17-19-31(20-18-30)32-21-23-33(24-22-32)37-26-25-34-13-8-16-40(41(34)28-37)38-14-7-15-39(27-38)44-47-42(35-9-3-1-4-10-35)46-43(48-44)36-11-5-2-6-12-36/h1-28H. The first-order valence-corrected chi connectivity index (χ1v) is 15.8. The molecule has 224 valence electrons. The van der Waals surface area contributed by atoms with Gasteiger partial charge in [-0.2, -0.15) is 5.26 Å². The quantitative estimate of drug-likeness (QED) is 0.187. The van der Waals surface area contributed by atoms with Crippen LogP contribution >= 0.6 is 0 Å². The van der Waals surface area contributed by atoms with Crippen molar-refractivity contribution in [2.45, 2.75) is 0 Å². The van der Waals surface area contributed by atoms with Crippen LogP contribution in [0, 0.1) is 11.3 Å². The molecule has 0 aliphatic carbocycles. The van der Waals surface area contributed by atoms with Gasteiger partial charge < -0.3 is 0 Å². The first kappa shape index (κ1) is 28.8. The summed E-state index contributed by atoms with van der Waals surface area (Å²) in [6, 6.07) is 60.1. The monoisotopic (exact) mass is 612 g/mol. The van der Waals surface area contributed by atoms with E-state index in [0.29, 0.717) is 23.0 Å². The topological polar surface area (TPSA) is 62.5 Å². The number of nitriles is 1. The minimum Gasteiger partial charge on any atom is -0.208 e. The zero-order chi connectivity index (χ0) is 32.3. The molecule has 0 saturated carbocycles. The Morgan fingerprint density at radius 3 is 1.44 bits per heavy atom. The van der Waals surface area contributed by atoms with Gasteiger partial charge in [0, 0.05) is 16.7 Å². The molecule has 4 nitrogen and oxygen atoms in total. The first-order valence-electron chi connectivity index (χ1n) is 15.8. The summed E-state index contributed by atoms with van der Waals surface area (Å²) in [6.07, 6.45) is 0. The Kier molecular flexibility index (Phi) is 7.54. The van der Waals surface area contributed by atoms with Gasteiger partial charge in [-0.15, -0.1) is 0 Å². The van der Waals surface area contributed by atoms with E-state index in [9.17, 15) is 0 Å². The van der Waals surface area contributed by atoms with Crippen LogP contribution in [0.15, 0.2) is 170 Å². The number of hydrogen-bond acceptors (Lipinski definition) is 4. The number of fused-ring (bicyclic) bond motifs is 1. The molecule has 0 fully saturated rings. The highest BCUT2D eigenvalue weighted by Gasteiger charge is 2.14. The second-order valence-electron chi connectivity index (χ2n) is 11.6. The Balaban J connectivity index is 1.18. The zero-order valence-electron chi connectivity index (χ0n) is 26.0. The molecule has 1 heterocycles. The lowest BCUT2D eigenvalue weighted by Crippen LogP contribution is -2.00. The molecule has 0 aliphatic heterocycles. The summed E-state index contributed by atoms with van der Waals surface area (Å²) in [6.45, 7) is 0. The second kappa shape index (κ2) is 12.6. The third-order valence-electron chi connectivity index (χ3n) is 8.58. The summed E-state index contributed by atoms with van der Waals surface area (Å²) < 4.78 is 0. The van der Waals surface area contributed by atoms with Crippen molar-refractivity contribution < 1.29 is 0 Å². The minimum absolute atomic E-state index is 0.632. The van der Waals surface area contributed by atoms with Crippen LogP contribution in [0.2, 0.25) is 0 Å². The fraction of sp³-hybridized carbons (Fsp3) is 0. The summed E-state index contributed by atoms with van der Waals surface area (Å²) >= 11 is 0. The minimum atomic E-state index is 0.632. The molecule has 0 amide bonds. The van der Waals surface area contributed by atoms with Gasteiger partial charge in [-0.3, -0.25) is 0 Å². The summed E-state index contributed by atoms with van der Waals surface area (Å²) in [5, 5.41) is 11.5. The molecule has 0 N–H and O–H groups in total. The average molecular weight is 613 g/mol. The predicted molar refractivity (Wildman–Crippen MR) is 195 cm³/mol. The normalized spacial score (nSPS) is 10.9. The lowest BCUT2D eigenvalue weighted by molar-refractivity contribution is 1.07. The van der Waals surface area contributed by atoms with Gasteiger partial charge in [0.2, 0.25) is 0 Å². The molecular formula is C44H28N4. The van der Waals surface area contributed by atoms with E-state index in [0.717, 1.165) is 50.1 Å². The number of nitrogens with zero attached hydrogens (tertiary/aromatic N) is 4. The molecule has 0 saturated heterocycles. The lowest BCUT2D eigenvalue weighted by Gasteiger charge is -2.12. The molecular weight excluding hydrogens is 585 g/mol. The van der Waals surface area contributed by atoms with Crippen molar-refractivity contribution in [3.05, 3.63) is 175 Å². The Morgan fingerprint density at radius 2 is 0.833 bits per heavy atom. The number of benzene rings is 7. The Morgan fingerprint density at radius 1 is 0.354 bits per heavy atom. The highest BCUT2D eigenvalue weighted by molar-refractivity contribution is 5.99. The van der Waals surface area contributed by atoms with E-state index in [1.54, 1.807) is 0 Å². The highest BCUT2D eigenvalue weighted by Crippen LogP contribution is 2.35. The molecule has 7 aromatic carbocycles. The van der Waals surface area contributed by atoms with Gasteiger partial charge in [-0.25, -0.2) is 15.0 Å². The number of aromatic nitrogens is 3. The number of rotatable bonds is 6. The van der Waals surface area contributed by atoms with E-state index in [4.69, 9.17) is 20.2 Å². The third-order valence-corrected chi connectivity index (χ3v) is 8.58. The molecule has 0 aliphatic rings. The Hall–Kier alpha value is -6.70. The average Bonchev–Trinajstić information content (AvgIpc) is 3.18. The molecule has 0 atom stereocenters. The van der Waals surface area contributed by atoms with Crippen molar-refractivity contribution in [3.63, 3.8) is 0 Å². The van der Waals surface area contributed by atoms with Crippen molar-refractivity contribution in [1.29, 1.82) is 5.26 Å². The molecule has 0 spiro atoms. The lowest BCUT2D eigenvalue weighted by atomic mass is 9.93. The Labute approximate surface area is 279 Å². The van der Waals surface area contributed by atoms with Crippen LogP contribution in [-0.2, 0) is 0 Å². The van der Waals surface area contributed by atoms with Crippen molar-refractivity contribution >= 4 is 10.8 Å². The molecule has 0 radical (unpaired) electrons. The van der Waals surface area contributed by atoms with Gasteiger partial charge in [0.1, 0.15) is 0 Å². The SMILES string of the molecule is N#Cc1ccc(-c2ccc(-c3ccc4cccc(-c5cccc(-c6nc(-c7ccccc7)nc(-c7ccccc7)n6)c5)c4c3)cc2)cc1. The van der Waals surface area contributed by atoms with Crippen LogP contribution in [-0.4, -0.2) is 15.0 Å². The molecule has 1 aromatic heterocycles. The first-order chi connectivity index (χ1) is 23.7. The van der Waals surface area contributed by atoms with Crippen LogP contribution in [0.5, 0.6) is 0 Å². The molecule has 4 heteroatoms. The maximum atomic E-state index is 9.14. The largest absolute Gasteiger partial charge is 0.208 e. The zero-order valence-corrected chi connectivity index (χ0v) is 26.0. The molecule has 0 bridgehead atoms. The van der Waals surface area contributed by atoms with Crippen LogP contribution in [0.1, 0.15) is 5.56 Å². The number of hydrogen-bond donors (Lipinski definition) is 0. The van der Waals surface area contributed by atoms with Gasteiger partial charge in [0.05, 0.1) is 11.6 Å². The Bertz CT molecular complexity index is 2370. The molecule has 8 aromatic rings. The van der Waals surface area contributed by atoms with E-state index in [1.165, 1.54) is 10.8 Å². The maximum Gasteiger partial charge on any atom is 0.164 e. The maximum absolute atomic E-state index is 9.14. The van der Waals surface area contributed by atoms with Crippen LogP contribution < -0.4 is 0 Å². The second-order valence-corrected chi connectivity index (χ2v) is 11.6. The van der Waals surface area contributed by atoms with Crippen LogP contribution in [0.4, 0.5) is 0 Å². The summed E-state index contributed by atoms with van der Waals surface area (Å²) in [4.78, 5) is 14.8. The highest BCUT2D eigenvalue weighted by atomic mass is 15.0. The molecule has 0 unspecified atom stereocenters. The predicted octanol–water partition coefficient (Wildman–Crippen LogP) is 10.9. The van der Waals surface area contributed by atoms with Crippen LogP contribution in [0.3, 0.4) is 0 Å². The van der Waals surface area contributed by atoms with Gasteiger partial charge in [0.15, 0.2) is 17.5 Å². The summed E-state index contributed by atoms with van der Waals surface area (Å²) in [5.74, 6) is 1.92. The van der Waals surface area contributed by atoms with Gasteiger partial charge in [-0.05, 0) is 68.4 Å². The summed E-state index contributed by atoms with van der Waals surface area (Å²) in [7, 11) is 0. The van der Waals surface area contributed by atoms with Crippen molar-refractivity contribution in [2.24, 2.45) is 0 Å². The fourth-order valence-electron chi connectivity index (χ4n) is 6.06. The van der Waals surface area contributed by atoms with E-state index >= 15 is 0 Å². The van der Waals surface area contributed by atoms with E-state index in [2.05, 4.69) is 91.0 Å². The fourth-order valence-corrected chi connectivity index (χ4v) is 6.06. The smallest absolute Gasteiger partial charge is 0.164 e. The summed E-state index contributed by atoms with van der Waals surface area (Å²) in [5.41, 5.74) is 10.2. The van der Waals surface area contributed by atoms with Crippen LogP contribution in [0.25, 0.3) is 78.3 Å². The van der Waals surface area contributed by atoms with E-state index < -0.39 is 0 Å². The molecule has 8 rings (SSSR count). The third kappa shape index (κ3) is 5.73. The molecule has 48 heavy (non-hydrogen) atoms. The van der Waals surface area contributed by atoms with Gasteiger partial charge >= 0.3 is 0 Å². The van der Waals surface area contributed by atoms with Crippen molar-refractivity contribution in [1.82, 2.24) is 15.0 Å². The van der Waals surface area contributed by atoms with Crippen molar-refractivity contribution in [2.75, 3.05) is 0 Å². The van der Waals surface area contributed by atoms with E-state index in [-0.39, 0.29) is 0 Å².